The average Bonchev–Trinajstić information content (AvgIpc) is 2.83. The SMILES string of the molecule is CCNC(c1cc(Cl)ccc1C)C1CCOC1. The Morgan fingerprint density at radius 2 is 2.35 bits per heavy atom. The van der Waals surface area contributed by atoms with Gasteiger partial charge in [0.25, 0.3) is 0 Å². The van der Waals surface area contributed by atoms with Gasteiger partial charge in [0, 0.05) is 23.6 Å². The number of rotatable bonds is 4. The molecule has 1 aromatic rings. The third-order valence-electron chi connectivity index (χ3n) is 3.44. The van der Waals surface area contributed by atoms with Crippen LogP contribution in [0.3, 0.4) is 0 Å². The molecule has 0 amide bonds. The Hall–Kier alpha value is -0.570. The zero-order valence-electron chi connectivity index (χ0n) is 10.5. The number of hydrogen-bond donors (Lipinski definition) is 1. The molecule has 0 bridgehead atoms. The molecule has 1 aliphatic heterocycles. The number of nitrogens with one attached hydrogen (secondary N) is 1. The maximum atomic E-state index is 6.11. The molecule has 1 fully saturated rings. The van der Waals surface area contributed by atoms with Crippen molar-refractivity contribution >= 4 is 11.6 Å². The van der Waals surface area contributed by atoms with Crippen LogP contribution >= 0.6 is 11.6 Å². The molecule has 2 atom stereocenters. The molecule has 0 aliphatic carbocycles. The summed E-state index contributed by atoms with van der Waals surface area (Å²) in [7, 11) is 0. The molecule has 17 heavy (non-hydrogen) atoms. The lowest BCUT2D eigenvalue weighted by molar-refractivity contribution is 0.177. The Morgan fingerprint density at radius 1 is 1.53 bits per heavy atom. The van der Waals surface area contributed by atoms with Crippen molar-refractivity contribution in [1.82, 2.24) is 5.32 Å². The van der Waals surface area contributed by atoms with Crippen molar-refractivity contribution in [3.63, 3.8) is 0 Å². The Kier molecular flexibility index (Phi) is 4.43. The summed E-state index contributed by atoms with van der Waals surface area (Å²) >= 11 is 6.11. The van der Waals surface area contributed by atoms with Crippen LogP contribution in [0.2, 0.25) is 5.02 Å². The minimum atomic E-state index is 0.362. The van der Waals surface area contributed by atoms with E-state index in [2.05, 4.69) is 31.3 Å². The molecule has 1 saturated heterocycles. The van der Waals surface area contributed by atoms with Crippen LogP contribution in [0.15, 0.2) is 18.2 Å². The van der Waals surface area contributed by atoms with E-state index in [1.165, 1.54) is 11.1 Å². The highest BCUT2D eigenvalue weighted by molar-refractivity contribution is 6.30. The van der Waals surface area contributed by atoms with Gasteiger partial charge in [-0.3, -0.25) is 0 Å². The summed E-state index contributed by atoms with van der Waals surface area (Å²) in [6.07, 6.45) is 1.13. The molecule has 0 saturated carbocycles. The first-order valence-electron chi connectivity index (χ1n) is 6.29. The molecule has 0 radical (unpaired) electrons. The van der Waals surface area contributed by atoms with Gasteiger partial charge in [-0.15, -0.1) is 0 Å². The molecule has 1 aliphatic rings. The van der Waals surface area contributed by atoms with E-state index in [4.69, 9.17) is 16.3 Å². The van der Waals surface area contributed by atoms with Gasteiger partial charge in [-0.2, -0.15) is 0 Å². The number of aryl methyl sites for hydroxylation is 1. The second-order valence-electron chi connectivity index (χ2n) is 4.66. The third kappa shape index (κ3) is 3.01. The summed E-state index contributed by atoms with van der Waals surface area (Å²) in [5.41, 5.74) is 2.61. The van der Waals surface area contributed by atoms with Gasteiger partial charge in [0.2, 0.25) is 0 Å². The predicted molar refractivity (Wildman–Crippen MR) is 71.5 cm³/mol. The van der Waals surface area contributed by atoms with Gasteiger partial charge in [-0.1, -0.05) is 24.6 Å². The summed E-state index contributed by atoms with van der Waals surface area (Å²) in [5.74, 6) is 0.562. The predicted octanol–water partition coefficient (Wildman–Crippen LogP) is 3.34. The van der Waals surface area contributed by atoms with E-state index in [9.17, 15) is 0 Å². The molecule has 1 heterocycles. The molecule has 2 unspecified atom stereocenters. The molecule has 0 aromatic heterocycles. The number of ether oxygens (including phenoxy) is 1. The maximum Gasteiger partial charge on any atom is 0.0513 e. The normalized spacial score (nSPS) is 21.7. The van der Waals surface area contributed by atoms with Crippen molar-refractivity contribution in [3.8, 4) is 0 Å². The first-order valence-corrected chi connectivity index (χ1v) is 6.67. The minimum absolute atomic E-state index is 0.362. The molecule has 2 nitrogen and oxygen atoms in total. The van der Waals surface area contributed by atoms with Crippen molar-refractivity contribution in [2.75, 3.05) is 19.8 Å². The van der Waals surface area contributed by atoms with Gasteiger partial charge in [-0.25, -0.2) is 0 Å². The fraction of sp³-hybridized carbons (Fsp3) is 0.571. The monoisotopic (exact) mass is 253 g/mol. The zero-order valence-corrected chi connectivity index (χ0v) is 11.3. The van der Waals surface area contributed by atoms with E-state index in [-0.39, 0.29) is 0 Å². The van der Waals surface area contributed by atoms with Crippen molar-refractivity contribution in [2.24, 2.45) is 5.92 Å². The lowest BCUT2D eigenvalue weighted by Gasteiger charge is -2.25. The first kappa shape index (κ1) is 12.9. The van der Waals surface area contributed by atoms with Crippen LogP contribution in [0.1, 0.15) is 30.5 Å². The average molecular weight is 254 g/mol. The standard InChI is InChI=1S/C14H20ClNO/c1-3-16-14(11-6-7-17-9-11)13-8-12(15)5-4-10(13)2/h4-5,8,11,14,16H,3,6-7,9H2,1-2H3. The van der Waals surface area contributed by atoms with Gasteiger partial charge in [0.15, 0.2) is 0 Å². The van der Waals surface area contributed by atoms with Gasteiger partial charge >= 0.3 is 0 Å². The van der Waals surface area contributed by atoms with E-state index in [0.29, 0.717) is 12.0 Å². The Morgan fingerprint density at radius 3 is 3.00 bits per heavy atom. The number of benzene rings is 1. The van der Waals surface area contributed by atoms with E-state index in [1.54, 1.807) is 0 Å². The summed E-state index contributed by atoms with van der Waals surface area (Å²) in [6.45, 7) is 6.98. The molecular formula is C14H20ClNO. The highest BCUT2D eigenvalue weighted by atomic mass is 35.5. The number of halogens is 1. The van der Waals surface area contributed by atoms with Crippen LogP contribution < -0.4 is 5.32 Å². The molecular weight excluding hydrogens is 234 g/mol. The summed E-state index contributed by atoms with van der Waals surface area (Å²) in [4.78, 5) is 0. The van der Waals surface area contributed by atoms with Crippen molar-refractivity contribution in [1.29, 1.82) is 0 Å². The lowest BCUT2D eigenvalue weighted by atomic mass is 9.89. The van der Waals surface area contributed by atoms with Crippen LogP contribution in [-0.4, -0.2) is 19.8 Å². The largest absolute Gasteiger partial charge is 0.381 e. The van der Waals surface area contributed by atoms with Crippen LogP contribution in [0.5, 0.6) is 0 Å². The molecule has 1 aromatic carbocycles. The summed E-state index contributed by atoms with van der Waals surface area (Å²) < 4.78 is 5.50. The quantitative estimate of drug-likeness (QED) is 0.889. The fourth-order valence-electron chi connectivity index (χ4n) is 2.51. The smallest absolute Gasteiger partial charge is 0.0513 e. The molecule has 2 rings (SSSR count). The zero-order chi connectivity index (χ0) is 12.3. The van der Waals surface area contributed by atoms with E-state index >= 15 is 0 Å². The minimum Gasteiger partial charge on any atom is -0.381 e. The second kappa shape index (κ2) is 5.85. The third-order valence-corrected chi connectivity index (χ3v) is 3.67. The van der Waals surface area contributed by atoms with Gasteiger partial charge in [0.05, 0.1) is 6.61 Å². The summed E-state index contributed by atoms with van der Waals surface area (Å²) in [5, 5.41) is 4.38. The van der Waals surface area contributed by atoms with Crippen LogP contribution in [0, 0.1) is 12.8 Å². The molecule has 94 valence electrons. The molecule has 0 spiro atoms. The first-order chi connectivity index (χ1) is 8.22. The van der Waals surface area contributed by atoms with E-state index in [0.717, 1.165) is 31.2 Å². The van der Waals surface area contributed by atoms with Crippen LogP contribution in [0.4, 0.5) is 0 Å². The van der Waals surface area contributed by atoms with E-state index < -0.39 is 0 Å². The number of hydrogen-bond acceptors (Lipinski definition) is 2. The topological polar surface area (TPSA) is 21.3 Å². The second-order valence-corrected chi connectivity index (χ2v) is 5.10. The highest BCUT2D eigenvalue weighted by Gasteiger charge is 2.27. The van der Waals surface area contributed by atoms with Crippen molar-refractivity contribution in [2.45, 2.75) is 26.3 Å². The maximum absolute atomic E-state index is 6.11. The van der Waals surface area contributed by atoms with Gasteiger partial charge in [-0.05, 0) is 43.1 Å². The Labute approximate surface area is 108 Å². The molecule has 3 heteroatoms. The van der Waals surface area contributed by atoms with Gasteiger partial charge < -0.3 is 10.1 Å². The Bertz CT molecular complexity index is 374. The lowest BCUT2D eigenvalue weighted by Crippen LogP contribution is -2.29. The Balaban J connectivity index is 2.27. The van der Waals surface area contributed by atoms with Gasteiger partial charge in [0.1, 0.15) is 0 Å². The fourth-order valence-corrected chi connectivity index (χ4v) is 2.69. The summed E-state index contributed by atoms with van der Waals surface area (Å²) in [6, 6.07) is 6.50. The van der Waals surface area contributed by atoms with Crippen LogP contribution in [0.25, 0.3) is 0 Å². The molecule has 1 N–H and O–H groups in total. The van der Waals surface area contributed by atoms with E-state index in [1.807, 2.05) is 6.07 Å². The van der Waals surface area contributed by atoms with Crippen molar-refractivity contribution < 1.29 is 4.74 Å². The van der Waals surface area contributed by atoms with Crippen molar-refractivity contribution in [3.05, 3.63) is 34.3 Å². The highest BCUT2D eigenvalue weighted by Crippen LogP contribution is 2.32. The van der Waals surface area contributed by atoms with Crippen LogP contribution in [-0.2, 0) is 4.74 Å².